The molecular formula is C23H19N3OS. The van der Waals surface area contributed by atoms with E-state index in [9.17, 15) is 4.79 Å². The zero-order chi connectivity index (χ0) is 19.3. The zero-order valence-electron chi connectivity index (χ0n) is 15.4. The van der Waals surface area contributed by atoms with Crippen LogP contribution in [0.1, 0.15) is 21.6 Å². The summed E-state index contributed by atoms with van der Waals surface area (Å²) >= 11 is 1.59. The van der Waals surface area contributed by atoms with Crippen LogP contribution in [0.3, 0.4) is 0 Å². The molecule has 138 valence electrons. The number of hydrogen-bond donors (Lipinski definition) is 0. The molecular weight excluding hydrogens is 366 g/mol. The van der Waals surface area contributed by atoms with Crippen LogP contribution >= 0.6 is 11.3 Å². The molecule has 0 N–H and O–H groups in total. The van der Waals surface area contributed by atoms with Gasteiger partial charge in [0.1, 0.15) is 5.01 Å². The minimum atomic E-state index is -0.0508. The summed E-state index contributed by atoms with van der Waals surface area (Å²) in [6.45, 7) is 2.43. The minimum Gasteiger partial charge on any atom is -0.304 e. The fraction of sp³-hybridized carbons (Fsp3) is 0.0870. The summed E-state index contributed by atoms with van der Waals surface area (Å²) in [5.74, 6) is -0.0508. The lowest BCUT2D eigenvalue weighted by Gasteiger charge is -2.23. The Morgan fingerprint density at radius 2 is 1.89 bits per heavy atom. The fourth-order valence-electron chi connectivity index (χ4n) is 2.99. The molecule has 0 saturated heterocycles. The van der Waals surface area contributed by atoms with E-state index < -0.39 is 0 Å². The first-order valence-electron chi connectivity index (χ1n) is 8.99. The molecule has 0 atom stereocenters. The van der Waals surface area contributed by atoms with Crippen LogP contribution in [-0.2, 0) is 6.54 Å². The van der Waals surface area contributed by atoms with Gasteiger partial charge in [-0.15, -0.1) is 11.3 Å². The smallest absolute Gasteiger partial charge is 0.258 e. The minimum absolute atomic E-state index is 0.0508. The second-order valence-corrected chi connectivity index (χ2v) is 7.32. The summed E-state index contributed by atoms with van der Waals surface area (Å²) in [7, 11) is 0. The Morgan fingerprint density at radius 1 is 1.04 bits per heavy atom. The number of pyridine rings is 1. The number of aryl methyl sites for hydroxylation is 1. The molecule has 4 nitrogen and oxygen atoms in total. The van der Waals surface area contributed by atoms with Crippen molar-refractivity contribution in [1.82, 2.24) is 9.97 Å². The van der Waals surface area contributed by atoms with Crippen LogP contribution in [0.15, 0.2) is 84.5 Å². The maximum absolute atomic E-state index is 13.4. The Morgan fingerprint density at radius 3 is 2.61 bits per heavy atom. The Hall–Kier alpha value is -3.31. The molecule has 4 rings (SSSR count). The van der Waals surface area contributed by atoms with Crippen LogP contribution < -0.4 is 4.90 Å². The highest BCUT2D eigenvalue weighted by atomic mass is 32.1. The number of carbonyl (C=O) groups excluding carboxylic acids is 1. The summed E-state index contributed by atoms with van der Waals surface area (Å²) in [5.41, 5.74) is 4.41. The molecule has 0 bridgehead atoms. The van der Waals surface area contributed by atoms with E-state index in [-0.39, 0.29) is 5.91 Å². The zero-order valence-corrected chi connectivity index (χ0v) is 16.3. The summed E-state index contributed by atoms with van der Waals surface area (Å²) in [5, 5.41) is 2.94. The highest BCUT2D eigenvalue weighted by Gasteiger charge is 2.19. The van der Waals surface area contributed by atoms with Crippen molar-refractivity contribution in [3.05, 3.63) is 101 Å². The van der Waals surface area contributed by atoms with E-state index >= 15 is 0 Å². The quantitative estimate of drug-likeness (QED) is 0.464. The summed E-state index contributed by atoms with van der Waals surface area (Å²) in [6, 6.07) is 21.2. The van der Waals surface area contributed by atoms with E-state index in [1.165, 1.54) is 0 Å². The lowest BCUT2D eigenvalue weighted by Crippen LogP contribution is -2.30. The van der Waals surface area contributed by atoms with E-state index in [4.69, 9.17) is 0 Å². The lowest BCUT2D eigenvalue weighted by atomic mass is 10.1. The van der Waals surface area contributed by atoms with Crippen molar-refractivity contribution in [1.29, 1.82) is 0 Å². The Balaban J connectivity index is 1.69. The van der Waals surface area contributed by atoms with Crippen LogP contribution in [0, 0.1) is 6.92 Å². The van der Waals surface area contributed by atoms with Gasteiger partial charge in [-0.1, -0.05) is 36.4 Å². The average Bonchev–Trinajstić information content (AvgIpc) is 3.19. The van der Waals surface area contributed by atoms with Gasteiger partial charge in [0.15, 0.2) is 0 Å². The Labute approximate surface area is 168 Å². The molecule has 0 aliphatic carbocycles. The van der Waals surface area contributed by atoms with Crippen molar-refractivity contribution in [3.8, 4) is 10.6 Å². The first-order chi connectivity index (χ1) is 13.7. The number of para-hydroxylation sites is 1. The van der Waals surface area contributed by atoms with Crippen LogP contribution in [-0.4, -0.2) is 15.9 Å². The average molecular weight is 385 g/mol. The molecule has 4 aromatic rings. The predicted octanol–water partition coefficient (Wildman–Crippen LogP) is 5.36. The molecule has 0 saturated carbocycles. The third kappa shape index (κ3) is 4.00. The van der Waals surface area contributed by atoms with Gasteiger partial charge in [-0.3, -0.25) is 9.78 Å². The second kappa shape index (κ2) is 8.15. The normalized spacial score (nSPS) is 10.6. The summed E-state index contributed by atoms with van der Waals surface area (Å²) < 4.78 is 0. The number of thiazole rings is 1. The number of aromatic nitrogens is 2. The maximum Gasteiger partial charge on any atom is 0.258 e. The number of hydrogen-bond acceptors (Lipinski definition) is 4. The maximum atomic E-state index is 13.4. The first-order valence-corrected chi connectivity index (χ1v) is 9.87. The molecule has 0 unspecified atom stereocenters. The number of nitrogens with zero attached hydrogens (tertiary/aromatic N) is 3. The van der Waals surface area contributed by atoms with Crippen LogP contribution in [0.5, 0.6) is 0 Å². The van der Waals surface area contributed by atoms with E-state index in [1.807, 2.05) is 79.0 Å². The van der Waals surface area contributed by atoms with Gasteiger partial charge in [-0.25, -0.2) is 4.98 Å². The number of rotatable bonds is 5. The number of amides is 1. The highest BCUT2D eigenvalue weighted by Crippen LogP contribution is 2.26. The van der Waals surface area contributed by atoms with E-state index in [0.29, 0.717) is 12.1 Å². The third-order valence-corrected chi connectivity index (χ3v) is 5.36. The van der Waals surface area contributed by atoms with Gasteiger partial charge in [0.05, 0.1) is 6.54 Å². The lowest BCUT2D eigenvalue weighted by molar-refractivity contribution is 0.0985. The molecule has 2 aromatic heterocycles. The van der Waals surface area contributed by atoms with Gasteiger partial charge < -0.3 is 4.90 Å². The van der Waals surface area contributed by atoms with E-state index in [1.54, 1.807) is 28.6 Å². The largest absolute Gasteiger partial charge is 0.304 e. The second-order valence-electron chi connectivity index (χ2n) is 6.46. The van der Waals surface area contributed by atoms with E-state index in [2.05, 4.69) is 9.97 Å². The molecule has 0 aliphatic heterocycles. The van der Waals surface area contributed by atoms with Crippen molar-refractivity contribution in [2.24, 2.45) is 0 Å². The Kier molecular flexibility index (Phi) is 5.26. The number of carbonyl (C=O) groups is 1. The standard InChI is InChI=1S/C23H19N3OS/c1-17-16-28-22(25-17)19-8-5-9-20(13-19)23(27)26(21-10-3-2-4-11-21)15-18-7-6-12-24-14-18/h2-14,16H,15H2,1H3. The third-order valence-electron chi connectivity index (χ3n) is 4.35. The van der Waals surface area contributed by atoms with Gasteiger partial charge in [0.2, 0.25) is 0 Å². The molecule has 0 spiro atoms. The number of anilines is 1. The van der Waals surface area contributed by atoms with Crippen molar-refractivity contribution < 1.29 is 4.79 Å². The summed E-state index contributed by atoms with van der Waals surface area (Å²) in [6.07, 6.45) is 3.52. The van der Waals surface area contributed by atoms with Gasteiger partial charge in [0, 0.05) is 40.3 Å². The van der Waals surface area contributed by atoms with Gasteiger partial charge in [0.25, 0.3) is 5.91 Å². The van der Waals surface area contributed by atoms with Crippen LogP contribution in [0.25, 0.3) is 10.6 Å². The van der Waals surface area contributed by atoms with Crippen molar-refractivity contribution in [2.45, 2.75) is 13.5 Å². The van der Waals surface area contributed by atoms with Crippen LogP contribution in [0.2, 0.25) is 0 Å². The van der Waals surface area contributed by atoms with Gasteiger partial charge in [-0.2, -0.15) is 0 Å². The molecule has 0 fully saturated rings. The number of benzene rings is 2. The topological polar surface area (TPSA) is 46.1 Å². The highest BCUT2D eigenvalue weighted by molar-refractivity contribution is 7.13. The monoisotopic (exact) mass is 385 g/mol. The van der Waals surface area contributed by atoms with Gasteiger partial charge >= 0.3 is 0 Å². The Bertz CT molecular complexity index is 1080. The summed E-state index contributed by atoms with van der Waals surface area (Å²) in [4.78, 5) is 23.9. The van der Waals surface area contributed by atoms with Crippen LogP contribution in [0.4, 0.5) is 5.69 Å². The molecule has 1 amide bonds. The van der Waals surface area contributed by atoms with Crippen molar-refractivity contribution >= 4 is 22.9 Å². The molecule has 2 aromatic carbocycles. The predicted molar refractivity (Wildman–Crippen MR) is 113 cm³/mol. The van der Waals surface area contributed by atoms with Gasteiger partial charge in [-0.05, 0) is 42.8 Å². The van der Waals surface area contributed by atoms with Crippen molar-refractivity contribution in [3.63, 3.8) is 0 Å². The molecule has 5 heteroatoms. The molecule has 2 heterocycles. The van der Waals surface area contributed by atoms with Crippen molar-refractivity contribution in [2.75, 3.05) is 4.90 Å². The molecule has 0 aliphatic rings. The van der Waals surface area contributed by atoms with E-state index in [0.717, 1.165) is 27.5 Å². The molecule has 28 heavy (non-hydrogen) atoms. The fourth-order valence-corrected chi connectivity index (χ4v) is 3.78. The first kappa shape index (κ1) is 18.1. The molecule has 0 radical (unpaired) electrons. The SMILES string of the molecule is Cc1csc(-c2cccc(C(=O)N(Cc3cccnc3)c3ccccc3)c2)n1.